The number of carbonyl (C=O) groups is 1. The number of carbonyl (C=O) groups excluding carboxylic acids is 1. The van der Waals surface area contributed by atoms with Gasteiger partial charge < -0.3 is 15.1 Å². The lowest BCUT2D eigenvalue weighted by molar-refractivity contribution is -0.131. The van der Waals surface area contributed by atoms with E-state index in [1.165, 1.54) is 4.68 Å². The summed E-state index contributed by atoms with van der Waals surface area (Å²) >= 11 is 0. The number of hydrogen-bond acceptors (Lipinski definition) is 5. The Bertz CT molecular complexity index is 1430. The van der Waals surface area contributed by atoms with Crippen LogP contribution in [0.2, 0.25) is 0 Å². The summed E-state index contributed by atoms with van der Waals surface area (Å²) in [6, 6.07) is 16.0. The monoisotopic (exact) mass is 471 g/mol. The fraction of sp³-hybridized carbons (Fsp3) is 0.370. The van der Waals surface area contributed by atoms with Gasteiger partial charge in [0.15, 0.2) is 0 Å². The van der Waals surface area contributed by atoms with Crippen LogP contribution in [-0.2, 0) is 17.8 Å². The van der Waals surface area contributed by atoms with Gasteiger partial charge in [-0.25, -0.2) is 14.0 Å². The smallest absolute Gasteiger partial charge is 0.350 e. The second-order valence-electron chi connectivity index (χ2n) is 9.68. The average Bonchev–Trinajstić information content (AvgIpc) is 3.30. The Balaban J connectivity index is 1.27. The summed E-state index contributed by atoms with van der Waals surface area (Å²) in [7, 11) is 0. The first-order chi connectivity index (χ1) is 17.1. The fourth-order valence-corrected chi connectivity index (χ4v) is 5.11. The highest BCUT2D eigenvalue weighted by Gasteiger charge is 2.37. The standard InChI is InChI=1S/C27H29N5O3/c28-11-13-31-27(34)32(25(29-31)15-18-9-12-30(17-18)26(33)20-1-2-20)23-6-3-19(4-7-23)21-5-8-24-22(16-21)10-14-35-24/h3-8,10,14,16,18,20H,1-2,9,11-13,15,17,28H2. The van der Waals surface area contributed by atoms with Gasteiger partial charge in [0.2, 0.25) is 5.91 Å². The van der Waals surface area contributed by atoms with E-state index in [2.05, 4.69) is 11.2 Å². The first-order valence-corrected chi connectivity index (χ1v) is 12.4. The zero-order chi connectivity index (χ0) is 23.9. The van der Waals surface area contributed by atoms with Crippen molar-refractivity contribution >= 4 is 16.9 Å². The van der Waals surface area contributed by atoms with E-state index in [0.29, 0.717) is 31.3 Å². The predicted molar refractivity (Wildman–Crippen MR) is 133 cm³/mol. The number of nitrogens with zero attached hydrogens (tertiary/aromatic N) is 4. The quantitative estimate of drug-likeness (QED) is 0.446. The number of amides is 1. The van der Waals surface area contributed by atoms with Gasteiger partial charge in [0.05, 0.1) is 18.5 Å². The van der Waals surface area contributed by atoms with Crippen molar-refractivity contribution in [3.05, 3.63) is 71.1 Å². The third-order valence-electron chi connectivity index (χ3n) is 7.15. The molecule has 1 amide bonds. The first kappa shape index (κ1) is 21.9. The Morgan fingerprint density at radius 3 is 2.63 bits per heavy atom. The summed E-state index contributed by atoms with van der Waals surface area (Å²) in [5.74, 6) is 1.55. The Hall–Kier alpha value is -3.65. The Morgan fingerprint density at radius 1 is 1.06 bits per heavy atom. The summed E-state index contributed by atoms with van der Waals surface area (Å²) in [4.78, 5) is 27.7. The van der Waals surface area contributed by atoms with E-state index in [1.807, 2.05) is 47.4 Å². The number of benzene rings is 2. The molecule has 1 aliphatic heterocycles. The lowest BCUT2D eigenvalue weighted by Crippen LogP contribution is -2.30. The number of likely N-dealkylation sites (tertiary alicyclic amines) is 1. The van der Waals surface area contributed by atoms with Crippen LogP contribution in [0, 0.1) is 11.8 Å². The second kappa shape index (κ2) is 8.85. The minimum absolute atomic E-state index is 0.179. The summed E-state index contributed by atoms with van der Waals surface area (Å²) in [6.45, 7) is 2.25. The Kier molecular flexibility index (Phi) is 5.53. The maximum atomic E-state index is 13.2. The largest absolute Gasteiger partial charge is 0.464 e. The number of furan rings is 1. The van der Waals surface area contributed by atoms with Crippen molar-refractivity contribution in [3.63, 3.8) is 0 Å². The van der Waals surface area contributed by atoms with Crippen LogP contribution in [0.15, 0.2) is 64.0 Å². The molecule has 2 fully saturated rings. The molecule has 1 saturated carbocycles. The van der Waals surface area contributed by atoms with E-state index < -0.39 is 0 Å². The molecule has 6 rings (SSSR count). The summed E-state index contributed by atoms with van der Waals surface area (Å²) in [6.07, 6.45) is 5.33. The van der Waals surface area contributed by atoms with E-state index in [1.54, 1.807) is 10.8 Å². The van der Waals surface area contributed by atoms with E-state index in [-0.39, 0.29) is 11.6 Å². The number of aromatic nitrogens is 3. The normalized spacial score (nSPS) is 18.0. The number of nitrogens with two attached hydrogens (primary N) is 1. The molecule has 2 aromatic carbocycles. The lowest BCUT2D eigenvalue weighted by Gasteiger charge is -2.16. The van der Waals surface area contributed by atoms with Crippen LogP contribution < -0.4 is 11.4 Å². The molecule has 180 valence electrons. The van der Waals surface area contributed by atoms with Crippen LogP contribution >= 0.6 is 0 Å². The van der Waals surface area contributed by atoms with Crippen LogP contribution in [0.5, 0.6) is 0 Å². The molecule has 35 heavy (non-hydrogen) atoms. The van der Waals surface area contributed by atoms with Crippen LogP contribution in [-0.4, -0.2) is 44.8 Å². The molecule has 8 nitrogen and oxygen atoms in total. The maximum absolute atomic E-state index is 13.2. The number of fused-ring (bicyclic) bond motifs is 1. The molecule has 1 saturated heterocycles. The third kappa shape index (κ3) is 4.18. The zero-order valence-corrected chi connectivity index (χ0v) is 19.6. The fourth-order valence-electron chi connectivity index (χ4n) is 5.11. The van der Waals surface area contributed by atoms with Crippen molar-refractivity contribution in [3.8, 4) is 16.8 Å². The van der Waals surface area contributed by atoms with Crippen LogP contribution in [0.4, 0.5) is 0 Å². The highest BCUT2D eigenvalue weighted by atomic mass is 16.3. The van der Waals surface area contributed by atoms with E-state index in [4.69, 9.17) is 10.2 Å². The van der Waals surface area contributed by atoms with Gasteiger partial charge >= 0.3 is 5.69 Å². The van der Waals surface area contributed by atoms with Crippen molar-refractivity contribution in [2.75, 3.05) is 19.6 Å². The molecule has 2 N–H and O–H groups in total. The second-order valence-corrected chi connectivity index (χ2v) is 9.68. The third-order valence-corrected chi connectivity index (χ3v) is 7.15. The predicted octanol–water partition coefficient (Wildman–Crippen LogP) is 3.21. The van der Waals surface area contributed by atoms with Gasteiger partial charge in [-0.3, -0.25) is 4.79 Å². The molecule has 0 bridgehead atoms. The lowest BCUT2D eigenvalue weighted by atomic mass is 10.0. The van der Waals surface area contributed by atoms with Crippen molar-refractivity contribution < 1.29 is 9.21 Å². The highest BCUT2D eigenvalue weighted by Crippen LogP contribution is 2.33. The highest BCUT2D eigenvalue weighted by molar-refractivity contribution is 5.83. The minimum Gasteiger partial charge on any atom is -0.464 e. The van der Waals surface area contributed by atoms with Crippen LogP contribution in [0.1, 0.15) is 25.1 Å². The Labute approximate surface area is 202 Å². The van der Waals surface area contributed by atoms with Crippen LogP contribution in [0.25, 0.3) is 27.8 Å². The molecular weight excluding hydrogens is 442 g/mol. The first-order valence-electron chi connectivity index (χ1n) is 12.4. The van der Waals surface area contributed by atoms with E-state index in [9.17, 15) is 9.59 Å². The topological polar surface area (TPSA) is 99.3 Å². The summed E-state index contributed by atoms with van der Waals surface area (Å²) in [5.41, 5.74) is 9.34. The van der Waals surface area contributed by atoms with Gasteiger partial charge in [-0.2, -0.15) is 5.10 Å². The Morgan fingerprint density at radius 2 is 1.86 bits per heavy atom. The molecule has 4 aromatic rings. The van der Waals surface area contributed by atoms with Gasteiger partial charge in [-0.05, 0) is 66.6 Å². The molecule has 1 unspecified atom stereocenters. The van der Waals surface area contributed by atoms with Gasteiger partial charge in [0.25, 0.3) is 0 Å². The molecule has 0 spiro atoms. The van der Waals surface area contributed by atoms with Crippen molar-refractivity contribution in [1.82, 2.24) is 19.2 Å². The van der Waals surface area contributed by atoms with Gasteiger partial charge in [0, 0.05) is 37.4 Å². The molecule has 0 radical (unpaired) electrons. The summed E-state index contributed by atoms with van der Waals surface area (Å²) in [5, 5.41) is 5.69. The van der Waals surface area contributed by atoms with Crippen molar-refractivity contribution in [2.24, 2.45) is 17.6 Å². The molecule has 1 atom stereocenters. The van der Waals surface area contributed by atoms with Gasteiger partial charge in [0.1, 0.15) is 11.4 Å². The average molecular weight is 472 g/mol. The van der Waals surface area contributed by atoms with Gasteiger partial charge in [-0.1, -0.05) is 18.2 Å². The number of hydrogen-bond donors (Lipinski definition) is 1. The molecule has 1 aliphatic carbocycles. The van der Waals surface area contributed by atoms with Crippen molar-refractivity contribution in [1.29, 1.82) is 0 Å². The summed E-state index contributed by atoms with van der Waals surface area (Å²) < 4.78 is 8.60. The minimum atomic E-state index is -0.179. The molecule has 3 heterocycles. The zero-order valence-electron chi connectivity index (χ0n) is 19.6. The molecule has 2 aromatic heterocycles. The van der Waals surface area contributed by atoms with E-state index in [0.717, 1.165) is 66.0 Å². The van der Waals surface area contributed by atoms with E-state index >= 15 is 0 Å². The molecule has 8 heteroatoms. The molecule has 2 aliphatic rings. The van der Waals surface area contributed by atoms with Gasteiger partial charge in [-0.15, -0.1) is 0 Å². The van der Waals surface area contributed by atoms with Crippen molar-refractivity contribution in [2.45, 2.75) is 32.2 Å². The number of rotatable bonds is 7. The molecular formula is C27H29N5O3. The van der Waals surface area contributed by atoms with Crippen LogP contribution in [0.3, 0.4) is 0 Å². The SMILES string of the molecule is NCCn1nc(CC2CCN(C(=O)C3CC3)C2)n(-c2ccc(-c3ccc4occc4c3)cc2)c1=O. The maximum Gasteiger partial charge on any atom is 0.350 e.